The van der Waals surface area contributed by atoms with E-state index < -0.39 is 0 Å². The van der Waals surface area contributed by atoms with E-state index in [9.17, 15) is 4.79 Å². The van der Waals surface area contributed by atoms with Gasteiger partial charge in [-0.15, -0.1) is 0 Å². The summed E-state index contributed by atoms with van der Waals surface area (Å²) < 4.78 is 11.7. The van der Waals surface area contributed by atoms with Crippen molar-refractivity contribution in [2.24, 2.45) is 7.05 Å². The number of allylic oxidation sites excluding steroid dienone is 1. The van der Waals surface area contributed by atoms with Crippen LogP contribution in [0.15, 0.2) is 22.9 Å². The number of hydrogen-bond acceptors (Lipinski definition) is 5. The number of hydrogen-bond donors (Lipinski definition) is 0. The van der Waals surface area contributed by atoms with E-state index in [1.54, 1.807) is 0 Å². The lowest BCUT2D eigenvalue weighted by Gasteiger charge is -2.20. The number of aromatic nitrogens is 3. The van der Waals surface area contributed by atoms with Crippen molar-refractivity contribution in [2.45, 2.75) is 38.0 Å². The first-order valence-electron chi connectivity index (χ1n) is 7.94. The number of methoxy groups -OCH3 is 1. The van der Waals surface area contributed by atoms with E-state index in [0.29, 0.717) is 11.8 Å². The third-order valence-corrected chi connectivity index (χ3v) is 4.23. The van der Waals surface area contributed by atoms with Crippen molar-refractivity contribution in [1.29, 1.82) is 0 Å². The molecule has 6 nitrogen and oxygen atoms in total. The maximum atomic E-state index is 12.1. The molecule has 23 heavy (non-hydrogen) atoms. The zero-order valence-corrected chi connectivity index (χ0v) is 13.5. The van der Waals surface area contributed by atoms with Crippen LogP contribution in [0.3, 0.4) is 0 Å². The van der Waals surface area contributed by atoms with E-state index in [1.807, 2.05) is 24.0 Å². The van der Waals surface area contributed by atoms with Crippen molar-refractivity contribution < 1.29 is 14.1 Å². The molecule has 2 heterocycles. The van der Waals surface area contributed by atoms with E-state index in [-0.39, 0.29) is 11.5 Å². The second-order valence-electron chi connectivity index (χ2n) is 5.91. The van der Waals surface area contributed by atoms with Gasteiger partial charge in [0.25, 0.3) is 5.88 Å². The molecule has 1 saturated carbocycles. The SMILES string of the molecule is COc1cc(C(=O)/C=C/c2cn(C)nc2C2CCCCC2)on1. The Morgan fingerprint density at radius 2 is 2.17 bits per heavy atom. The van der Waals surface area contributed by atoms with Gasteiger partial charge in [0.1, 0.15) is 0 Å². The lowest BCUT2D eigenvalue weighted by Crippen LogP contribution is -2.07. The van der Waals surface area contributed by atoms with Crippen molar-refractivity contribution >= 4 is 11.9 Å². The third-order valence-electron chi connectivity index (χ3n) is 4.23. The molecule has 6 heteroatoms. The molecule has 122 valence electrons. The summed E-state index contributed by atoms with van der Waals surface area (Å²) in [6.07, 6.45) is 11.4. The van der Waals surface area contributed by atoms with Crippen LogP contribution in [0.25, 0.3) is 6.08 Å². The largest absolute Gasteiger partial charge is 0.479 e. The highest BCUT2D eigenvalue weighted by Crippen LogP contribution is 2.33. The maximum Gasteiger partial charge on any atom is 0.254 e. The lowest BCUT2D eigenvalue weighted by atomic mass is 9.85. The fraction of sp³-hybridized carbons (Fsp3) is 0.471. The predicted molar refractivity (Wildman–Crippen MR) is 85.5 cm³/mol. The number of aryl methyl sites for hydroxylation is 1. The lowest BCUT2D eigenvalue weighted by molar-refractivity contribution is 0.101. The molecule has 0 aliphatic heterocycles. The number of ether oxygens (including phenoxy) is 1. The fourth-order valence-corrected chi connectivity index (χ4v) is 3.06. The summed E-state index contributed by atoms with van der Waals surface area (Å²) in [5, 5.41) is 8.24. The predicted octanol–water partition coefficient (Wildman–Crippen LogP) is 3.36. The van der Waals surface area contributed by atoms with Crippen LogP contribution in [0.1, 0.15) is 59.8 Å². The molecule has 0 amide bonds. The van der Waals surface area contributed by atoms with Gasteiger partial charge in [-0.2, -0.15) is 5.10 Å². The number of nitrogens with zero attached hydrogens (tertiary/aromatic N) is 3. The van der Waals surface area contributed by atoms with Crippen molar-refractivity contribution in [3.8, 4) is 5.88 Å². The Kier molecular flexibility index (Phi) is 4.60. The molecule has 0 radical (unpaired) electrons. The highest BCUT2D eigenvalue weighted by atomic mass is 16.5. The maximum absolute atomic E-state index is 12.1. The van der Waals surface area contributed by atoms with Crippen molar-refractivity contribution in [3.63, 3.8) is 0 Å². The molecule has 3 rings (SSSR count). The molecule has 0 N–H and O–H groups in total. The molecule has 0 saturated heterocycles. The molecule has 1 aliphatic carbocycles. The molecule has 0 bridgehead atoms. The standard InChI is InChI=1S/C17H21N3O3/c1-20-11-13(17(18-20)12-6-4-3-5-7-12)8-9-14(21)15-10-16(22-2)19-23-15/h8-12H,3-7H2,1-2H3/b9-8+. The Hall–Kier alpha value is -2.37. The van der Waals surface area contributed by atoms with E-state index in [1.165, 1.54) is 51.4 Å². The van der Waals surface area contributed by atoms with Crippen LogP contribution in [0.4, 0.5) is 0 Å². The Morgan fingerprint density at radius 3 is 2.87 bits per heavy atom. The van der Waals surface area contributed by atoms with Gasteiger partial charge >= 0.3 is 0 Å². The van der Waals surface area contributed by atoms with Crippen LogP contribution in [-0.2, 0) is 7.05 Å². The van der Waals surface area contributed by atoms with Crippen molar-refractivity contribution in [1.82, 2.24) is 14.9 Å². The second kappa shape index (κ2) is 6.81. The van der Waals surface area contributed by atoms with E-state index in [4.69, 9.17) is 9.26 Å². The van der Waals surface area contributed by atoms with Crippen LogP contribution in [0.2, 0.25) is 0 Å². The van der Waals surface area contributed by atoms with Crippen molar-refractivity contribution in [2.75, 3.05) is 7.11 Å². The van der Waals surface area contributed by atoms with Gasteiger partial charge in [0.2, 0.25) is 11.5 Å². The van der Waals surface area contributed by atoms with Gasteiger partial charge in [-0.3, -0.25) is 9.48 Å². The molecular weight excluding hydrogens is 294 g/mol. The molecule has 0 spiro atoms. The second-order valence-corrected chi connectivity index (χ2v) is 5.91. The molecule has 2 aromatic heterocycles. The van der Waals surface area contributed by atoms with E-state index in [0.717, 1.165) is 11.3 Å². The van der Waals surface area contributed by atoms with Gasteiger partial charge in [-0.1, -0.05) is 19.3 Å². The van der Waals surface area contributed by atoms with Gasteiger partial charge in [-0.05, 0) is 30.2 Å². The monoisotopic (exact) mass is 315 g/mol. The highest BCUT2D eigenvalue weighted by Gasteiger charge is 2.21. The van der Waals surface area contributed by atoms with Crippen LogP contribution < -0.4 is 4.74 Å². The molecule has 1 aliphatic rings. The Bertz CT molecular complexity index is 708. The summed E-state index contributed by atoms with van der Waals surface area (Å²) in [6, 6.07) is 1.48. The Labute approximate surface area is 135 Å². The van der Waals surface area contributed by atoms with Crippen LogP contribution in [0.5, 0.6) is 5.88 Å². The minimum atomic E-state index is -0.237. The first kappa shape index (κ1) is 15.5. The normalized spacial score (nSPS) is 16.1. The fourth-order valence-electron chi connectivity index (χ4n) is 3.06. The molecule has 2 aromatic rings. The quantitative estimate of drug-likeness (QED) is 0.625. The Morgan fingerprint density at radius 1 is 1.39 bits per heavy atom. The summed E-state index contributed by atoms with van der Waals surface area (Å²) in [6.45, 7) is 0. The summed E-state index contributed by atoms with van der Waals surface area (Å²) in [5.74, 6) is 0.719. The molecule has 0 aromatic carbocycles. The summed E-state index contributed by atoms with van der Waals surface area (Å²) >= 11 is 0. The van der Waals surface area contributed by atoms with Crippen LogP contribution in [0, 0.1) is 0 Å². The topological polar surface area (TPSA) is 70.2 Å². The number of rotatable bonds is 5. The molecular formula is C17H21N3O3. The van der Waals surface area contributed by atoms with Crippen molar-refractivity contribution in [3.05, 3.63) is 35.4 Å². The first-order chi connectivity index (χ1) is 11.2. The van der Waals surface area contributed by atoms with E-state index in [2.05, 4.69) is 10.3 Å². The zero-order valence-electron chi connectivity index (χ0n) is 13.5. The Balaban J connectivity index is 1.77. The third kappa shape index (κ3) is 3.52. The number of carbonyl (C=O) groups excluding carboxylic acids is 1. The number of carbonyl (C=O) groups is 1. The number of ketones is 1. The minimum absolute atomic E-state index is 0.168. The molecule has 0 unspecified atom stereocenters. The molecule has 0 atom stereocenters. The summed E-state index contributed by atoms with van der Waals surface area (Å²) in [7, 11) is 3.39. The van der Waals surface area contributed by atoms with Gasteiger partial charge in [0, 0.05) is 24.7 Å². The zero-order chi connectivity index (χ0) is 16.2. The van der Waals surface area contributed by atoms with E-state index >= 15 is 0 Å². The smallest absolute Gasteiger partial charge is 0.254 e. The minimum Gasteiger partial charge on any atom is -0.479 e. The summed E-state index contributed by atoms with van der Waals surface area (Å²) in [4.78, 5) is 12.1. The van der Waals surface area contributed by atoms with Gasteiger partial charge in [0.05, 0.1) is 18.9 Å². The molecule has 1 fully saturated rings. The van der Waals surface area contributed by atoms with Gasteiger partial charge in [0.15, 0.2) is 0 Å². The van der Waals surface area contributed by atoms with Gasteiger partial charge in [-0.25, -0.2) is 0 Å². The van der Waals surface area contributed by atoms with Crippen LogP contribution in [-0.4, -0.2) is 27.8 Å². The highest BCUT2D eigenvalue weighted by molar-refractivity contribution is 6.05. The van der Waals surface area contributed by atoms with Crippen LogP contribution >= 0.6 is 0 Å². The van der Waals surface area contributed by atoms with Gasteiger partial charge < -0.3 is 9.26 Å². The first-order valence-corrected chi connectivity index (χ1v) is 7.94. The average Bonchev–Trinajstić information content (AvgIpc) is 3.20. The summed E-state index contributed by atoms with van der Waals surface area (Å²) in [5.41, 5.74) is 2.09. The average molecular weight is 315 g/mol.